The fourth-order valence-corrected chi connectivity index (χ4v) is 2.27. The average molecular weight is 382 g/mol. The van der Waals surface area contributed by atoms with Crippen LogP contribution in [0.1, 0.15) is 15.9 Å². The van der Waals surface area contributed by atoms with Crippen molar-refractivity contribution < 1.29 is 36.9 Å². The van der Waals surface area contributed by atoms with Crippen LogP contribution in [0.2, 0.25) is 0 Å². The Bertz CT molecular complexity index is 826. The molecule has 0 aliphatic heterocycles. The standard InChI is InChI=1S/C19H17F3O5/c1-24-16-11-18(26-3)17(25-2)10-13(16)6-9-15(23)12-4-7-14(8-5-12)27-19(20,21)22/h4-11H,1-3H3/b9-6+. The number of carbonyl (C=O) groups is 1. The van der Waals surface area contributed by atoms with Crippen LogP contribution in [0.25, 0.3) is 6.08 Å². The Morgan fingerprint density at radius 1 is 0.889 bits per heavy atom. The van der Waals surface area contributed by atoms with E-state index >= 15 is 0 Å². The number of hydrogen-bond acceptors (Lipinski definition) is 5. The number of allylic oxidation sites excluding steroid dienone is 1. The summed E-state index contributed by atoms with van der Waals surface area (Å²) in [5.74, 6) is 0.595. The van der Waals surface area contributed by atoms with Crippen molar-refractivity contribution in [2.24, 2.45) is 0 Å². The number of benzene rings is 2. The Morgan fingerprint density at radius 2 is 1.44 bits per heavy atom. The zero-order valence-electron chi connectivity index (χ0n) is 14.8. The fraction of sp³-hybridized carbons (Fsp3) is 0.211. The first-order valence-corrected chi connectivity index (χ1v) is 7.65. The Morgan fingerprint density at radius 3 is 1.96 bits per heavy atom. The summed E-state index contributed by atoms with van der Waals surface area (Å²) in [6.45, 7) is 0. The molecule has 0 amide bonds. The third kappa shape index (κ3) is 5.40. The normalized spacial score (nSPS) is 11.3. The van der Waals surface area contributed by atoms with E-state index in [-0.39, 0.29) is 5.56 Å². The van der Waals surface area contributed by atoms with Crippen LogP contribution in [-0.2, 0) is 0 Å². The molecule has 2 aromatic rings. The maximum atomic E-state index is 12.2. The molecule has 8 heteroatoms. The molecule has 2 aromatic carbocycles. The molecular formula is C19H17F3O5. The predicted molar refractivity (Wildman–Crippen MR) is 92.6 cm³/mol. The maximum Gasteiger partial charge on any atom is 0.573 e. The molecule has 0 N–H and O–H groups in total. The molecule has 0 aliphatic rings. The second kappa shape index (κ2) is 8.48. The first kappa shape index (κ1) is 20.2. The number of hydrogen-bond donors (Lipinski definition) is 0. The van der Waals surface area contributed by atoms with Crippen molar-refractivity contribution in [2.45, 2.75) is 6.36 Å². The second-order valence-corrected chi connectivity index (χ2v) is 5.22. The first-order chi connectivity index (χ1) is 12.8. The minimum atomic E-state index is -4.78. The van der Waals surface area contributed by atoms with Gasteiger partial charge >= 0.3 is 6.36 Å². The van der Waals surface area contributed by atoms with E-state index in [1.807, 2.05) is 0 Å². The van der Waals surface area contributed by atoms with Gasteiger partial charge in [-0.15, -0.1) is 13.2 Å². The van der Waals surface area contributed by atoms with Gasteiger partial charge in [0.25, 0.3) is 0 Å². The topological polar surface area (TPSA) is 54.0 Å². The molecule has 0 saturated heterocycles. The lowest BCUT2D eigenvalue weighted by molar-refractivity contribution is -0.274. The highest BCUT2D eigenvalue weighted by atomic mass is 19.4. The van der Waals surface area contributed by atoms with Crippen LogP contribution >= 0.6 is 0 Å². The van der Waals surface area contributed by atoms with Crippen molar-refractivity contribution >= 4 is 11.9 Å². The van der Waals surface area contributed by atoms with E-state index < -0.39 is 17.9 Å². The molecule has 0 aromatic heterocycles. The Labute approximate surface area is 153 Å². The van der Waals surface area contributed by atoms with Gasteiger partial charge in [-0.2, -0.15) is 0 Å². The number of carbonyl (C=O) groups excluding carboxylic acids is 1. The average Bonchev–Trinajstić information content (AvgIpc) is 2.64. The van der Waals surface area contributed by atoms with Gasteiger partial charge in [-0.05, 0) is 42.5 Å². The number of alkyl halides is 3. The highest BCUT2D eigenvalue weighted by molar-refractivity contribution is 6.07. The quantitative estimate of drug-likeness (QED) is 0.521. The summed E-state index contributed by atoms with van der Waals surface area (Å²) in [5.41, 5.74) is 0.778. The van der Waals surface area contributed by atoms with E-state index in [9.17, 15) is 18.0 Å². The number of ketones is 1. The van der Waals surface area contributed by atoms with E-state index in [4.69, 9.17) is 14.2 Å². The van der Waals surface area contributed by atoms with Crippen LogP contribution in [0, 0.1) is 0 Å². The zero-order valence-corrected chi connectivity index (χ0v) is 14.8. The van der Waals surface area contributed by atoms with Gasteiger partial charge in [0.15, 0.2) is 17.3 Å². The summed E-state index contributed by atoms with van der Waals surface area (Å²) in [5, 5.41) is 0. The van der Waals surface area contributed by atoms with Crippen LogP contribution in [-0.4, -0.2) is 33.5 Å². The van der Waals surface area contributed by atoms with Gasteiger partial charge in [0.1, 0.15) is 11.5 Å². The minimum absolute atomic E-state index is 0.209. The van der Waals surface area contributed by atoms with Crippen molar-refractivity contribution in [1.29, 1.82) is 0 Å². The highest BCUT2D eigenvalue weighted by Gasteiger charge is 2.31. The van der Waals surface area contributed by atoms with E-state index in [1.54, 1.807) is 12.1 Å². The third-order valence-electron chi connectivity index (χ3n) is 3.52. The van der Waals surface area contributed by atoms with Crippen molar-refractivity contribution in [2.75, 3.05) is 21.3 Å². The molecule has 0 aliphatic carbocycles. The van der Waals surface area contributed by atoms with Crippen molar-refractivity contribution in [3.05, 3.63) is 53.6 Å². The van der Waals surface area contributed by atoms with Gasteiger partial charge < -0.3 is 18.9 Å². The van der Waals surface area contributed by atoms with Gasteiger partial charge in [-0.1, -0.05) is 0 Å². The number of halogens is 3. The second-order valence-electron chi connectivity index (χ2n) is 5.22. The van der Waals surface area contributed by atoms with Crippen molar-refractivity contribution in [3.63, 3.8) is 0 Å². The molecule has 0 unspecified atom stereocenters. The first-order valence-electron chi connectivity index (χ1n) is 7.65. The lowest BCUT2D eigenvalue weighted by atomic mass is 10.1. The molecule has 0 radical (unpaired) electrons. The largest absolute Gasteiger partial charge is 0.573 e. The zero-order chi connectivity index (χ0) is 20.0. The molecule has 0 bridgehead atoms. The SMILES string of the molecule is COc1cc(OC)c(OC)cc1/C=C/C(=O)c1ccc(OC(F)(F)F)cc1. The Hall–Kier alpha value is -3.16. The molecule has 144 valence electrons. The molecule has 0 spiro atoms. The summed E-state index contributed by atoms with van der Waals surface area (Å²) < 4.78 is 55.9. The van der Waals surface area contributed by atoms with Crippen LogP contribution in [0.15, 0.2) is 42.5 Å². The summed E-state index contributed by atoms with van der Waals surface area (Å²) in [6, 6.07) is 7.91. The summed E-state index contributed by atoms with van der Waals surface area (Å²) in [6.07, 6.45) is -1.98. The molecule has 5 nitrogen and oxygen atoms in total. The Kier molecular flexibility index (Phi) is 6.33. The molecule has 0 saturated carbocycles. The predicted octanol–water partition coefficient (Wildman–Crippen LogP) is 4.51. The molecule has 0 heterocycles. The molecule has 0 fully saturated rings. The maximum absolute atomic E-state index is 12.2. The van der Waals surface area contributed by atoms with Crippen LogP contribution in [0.5, 0.6) is 23.0 Å². The lowest BCUT2D eigenvalue weighted by Gasteiger charge is -2.12. The summed E-state index contributed by atoms with van der Waals surface area (Å²) >= 11 is 0. The number of rotatable bonds is 7. The van der Waals surface area contributed by atoms with Crippen LogP contribution < -0.4 is 18.9 Å². The lowest BCUT2D eigenvalue weighted by Crippen LogP contribution is -2.17. The molecule has 2 rings (SSSR count). The van der Waals surface area contributed by atoms with Gasteiger partial charge in [-0.3, -0.25) is 4.79 Å². The van der Waals surface area contributed by atoms with Crippen molar-refractivity contribution in [3.8, 4) is 23.0 Å². The monoisotopic (exact) mass is 382 g/mol. The fourth-order valence-electron chi connectivity index (χ4n) is 2.27. The molecule has 0 atom stereocenters. The molecule has 27 heavy (non-hydrogen) atoms. The van der Waals surface area contributed by atoms with E-state index in [2.05, 4.69) is 4.74 Å². The number of methoxy groups -OCH3 is 3. The van der Waals surface area contributed by atoms with Gasteiger partial charge in [0.2, 0.25) is 0 Å². The highest BCUT2D eigenvalue weighted by Crippen LogP contribution is 2.35. The van der Waals surface area contributed by atoms with E-state index in [0.717, 1.165) is 12.1 Å². The van der Waals surface area contributed by atoms with Gasteiger partial charge in [-0.25, -0.2) is 0 Å². The smallest absolute Gasteiger partial charge is 0.496 e. The Balaban J connectivity index is 2.21. The van der Waals surface area contributed by atoms with E-state index in [1.165, 1.54) is 45.6 Å². The van der Waals surface area contributed by atoms with Gasteiger partial charge in [0.05, 0.1) is 21.3 Å². The van der Waals surface area contributed by atoms with E-state index in [0.29, 0.717) is 22.8 Å². The third-order valence-corrected chi connectivity index (χ3v) is 3.52. The number of ether oxygens (including phenoxy) is 4. The summed E-state index contributed by atoms with van der Waals surface area (Å²) in [4.78, 5) is 12.2. The van der Waals surface area contributed by atoms with Crippen molar-refractivity contribution in [1.82, 2.24) is 0 Å². The van der Waals surface area contributed by atoms with Crippen LogP contribution in [0.4, 0.5) is 13.2 Å². The van der Waals surface area contributed by atoms with Gasteiger partial charge in [0, 0.05) is 17.2 Å². The minimum Gasteiger partial charge on any atom is -0.496 e. The van der Waals surface area contributed by atoms with Crippen LogP contribution in [0.3, 0.4) is 0 Å². The molecular weight excluding hydrogens is 365 g/mol. The summed E-state index contributed by atoms with van der Waals surface area (Å²) in [7, 11) is 4.44.